The third-order valence-electron chi connectivity index (χ3n) is 1.62. The molecule has 0 fully saturated rings. The number of likely N-dealkylation sites (N-methyl/N-ethyl adjacent to an activating group) is 1. The van der Waals surface area contributed by atoms with Crippen molar-refractivity contribution < 1.29 is 9.52 Å². The van der Waals surface area contributed by atoms with E-state index in [4.69, 9.17) is 16.0 Å². The van der Waals surface area contributed by atoms with Crippen molar-refractivity contribution >= 4 is 23.4 Å². The van der Waals surface area contributed by atoms with Crippen molar-refractivity contribution in [2.24, 2.45) is 0 Å². The van der Waals surface area contributed by atoms with Crippen LogP contribution in [-0.4, -0.2) is 30.6 Å². The molecule has 5 heteroatoms. The van der Waals surface area contributed by atoms with Crippen LogP contribution in [0.25, 0.3) is 0 Å². The number of halogens is 1. The van der Waals surface area contributed by atoms with Crippen LogP contribution in [-0.2, 0) is 5.75 Å². The number of hydrogen-bond acceptors (Lipinski definition) is 4. The standard InChI is InChI=1S/C9H14ClNO2S/c1-11-4-7(12)5-14-6-8-2-3-9(10)13-8/h2-3,7,11-12H,4-6H2,1H3. The molecular weight excluding hydrogens is 222 g/mol. The summed E-state index contributed by atoms with van der Waals surface area (Å²) >= 11 is 7.24. The summed E-state index contributed by atoms with van der Waals surface area (Å²) in [5, 5.41) is 12.7. The van der Waals surface area contributed by atoms with Gasteiger partial charge in [-0.2, -0.15) is 11.8 Å². The third-order valence-corrected chi connectivity index (χ3v) is 2.94. The van der Waals surface area contributed by atoms with E-state index in [1.165, 1.54) is 0 Å². The zero-order chi connectivity index (χ0) is 10.4. The minimum atomic E-state index is -0.310. The molecule has 0 saturated carbocycles. The van der Waals surface area contributed by atoms with Crippen molar-refractivity contribution in [1.29, 1.82) is 0 Å². The first kappa shape index (κ1) is 11.9. The van der Waals surface area contributed by atoms with Gasteiger partial charge in [-0.15, -0.1) is 0 Å². The summed E-state index contributed by atoms with van der Waals surface area (Å²) in [5.74, 6) is 2.28. The molecule has 0 bridgehead atoms. The van der Waals surface area contributed by atoms with Crippen LogP contribution in [0.2, 0.25) is 5.22 Å². The summed E-state index contributed by atoms with van der Waals surface area (Å²) in [7, 11) is 1.82. The number of furan rings is 1. The van der Waals surface area contributed by atoms with Crippen LogP contribution in [0.5, 0.6) is 0 Å². The molecule has 3 nitrogen and oxygen atoms in total. The number of hydrogen-bond donors (Lipinski definition) is 2. The zero-order valence-electron chi connectivity index (χ0n) is 8.00. The fraction of sp³-hybridized carbons (Fsp3) is 0.556. The van der Waals surface area contributed by atoms with Crippen LogP contribution in [0, 0.1) is 0 Å². The van der Waals surface area contributed by atoms with Crippen molar-refractivity contribution in [3.63, 3.8) is 0 Å². The molecule has 80 valence electrons. The van der Waals surface area contributed by atoms with E-state index in [-0.39, 0.29) is 6.10 Å². The number of aliphatic hydroxyl groups excluding tert-OH is 1. The second kappa shape index (κ2) is 6.35. The Kier molecular flexibility index (Phi) is 5.40. The SMILES string of the molecule is CNCC(O)CSCc1ccc(Cl)o1. The lowest BCUT2D eigenvalue weighted by Crippen LogP contribution is -2.25. The fourth-order valence-electron chi connectivity index (χ4n) is 1.02. The maximum absolute atomic E-state index is 9.39. The van der Waals surface area contributed by atoms with Crippen molar-refractivity contribution in [3.8, 4) is 0 Å². The summed E-state index contributed by atoms with van der Waals surface area (Å²) in [6.45, 7) is 0.617. The largest absolute Gasteiger partial charge is 0.449 e. The third kappa shape index (κ3) is 4.37. The molecule has 1 aromatic rings. The highest BCUT2D eigenvalue weighted by atomic mass is 35.5. The predicted octanol–water partition coefficient (Wildman–Crippen LogP) is 1.75. The van der Waals surface area contributed by atoms with Crippen molar-refractivity contribution in [2.75, 3.05) is 19.3 Å². The Morgan fingerprint density at radius 3 is 3.00 bits per heavy atom. The smallest absolute Gasteiger partial charge is 0.193 e. The molecule has 1 rings (SSSR count). The molecule has 0 radical (unpaired) electrons. The first-order valence-electron chi connectivity index (χ1n) is 4.37. The second-order valence-electron chi connectivity index (χ2n) is 2.93. The molecule has 1 unspecified atom stereocenters. The molecule has 14 heavy (non-hydrogen) atoms. The minimum Gasteiger partial charge on any atom is -0.449 e. The topological polar surface area (TPSA) is 45.4 Å². The average molecular weight is 236 g/mol. The summed E-state index contributed by atoms with van der Waals surface area (Å²) in [6.07, 6.45) is -0.310. The molecular formula is C9H14ClNO2S. The first-order chi connectivity index (χ1) is 6.72. The van der Waals surface area contributed by atoms with E-state index in [1.54, 1.807) is 17.8 Å². The highest BCUT2D eigenvalue weighted by Crippen LogP contribution is 2.18. The van der Waals surface area contributed by atoms with Gasteiger partial charge in [-0.25, -0.2) is 0 Å². The molecule has 0 aliphatic rings. The Morgan fingerprint density at radius 2 is 2.43 bits per heavy atom. The van der Waals surface area contributed by atoms with E-state index in [0.29, 0.717) is 17.5 Å². The fourth-order valence-corrected chi connectivity index (χ4v) is 2.05. The molecule has 0 aromatic carbocycles. The monoisotopic (exact) mass is 235 g/mol. The summed E-state index contributed by atoms with van der Waals surface area (Å²) < 4.78 is 5.17. The number of aliphatic hydroxyl groups is 1. The van der Waals surface area contributed by atoms with Gasteiger partial charge in [0.2, 0.25) is 0 Å². The Labute approximate surface area is 92.8 Å². The molecule has 1 heterocycles. The Balaban J connectivity index is 2.15. The maximum Gasteiger partial charge on any atom is 0.193 e. The lowest BCUT2D eigenvalue weighted by atomic mass is 10.4. The van der Waals surface area contributed by atoms with Crippen molar-refractivity contribution in [1.82, 2.24) is 5.32 Å². The van der Waals surface area contributed by atoms with Crippen LogP contribution in [0.3, 0.4) is 0 Å². The van der Waals surface area contributed by atoms with E-state index >= 15 is 0 Å². The van der Waals surface area contributed by atoms with Gasteiger partial charge in [0.15, 0.2) is 5.22 Å². The highest BCUT2D eigenvalue weighted by molar-refractivity contribution is 7.98. The molecule has 1 atom stereocenters. The molecule has 0 saturated heterocycles. The van der Waals surface area contributed by atoms with E-state index in [1.807, 2.05) is 13.1 Å². The maximum atomic E-state index is 9.39. The van der Waals surface area contributed by atoms with E-state index < -0.39 is 0 Å². The van der Waals surface area contributed by atoms with Gasteiger partial charge >= 0.3 is 0 Å². The number of thioether (sulfide) groups is 1. The Bertz CT molecular complexity index is 267. The molecule has 0 aliphatic heterocycles. The summed E-state index contributed by atoms with van der Waals surface area (Å²) in [6, 6.07) is 3.57. The molecule has 1 aromatic heterocycles. The Morgan fingerprint density at radius 1 is 1.64 bits per heavy atom. The second-order valence-corrected chi connectivity index (χ2v) is 4.34. The van der Waals surface area contributed by atoms with Crippen LogP contribution >= 0.6 is 23.4 Å². The number of rotatable bonds is 6. The first-order valence-corrected chi connectivity index (χ1v) is 5.90. The summed E-state index contributed by atoms with van der Waals surface area (Å²) in [5.41, 5.74) is 0. The van der Waals surface area contributed by atoms with Crippen LogP contribution in [0.15, 0.2) is 16.5 Å². The van der Waals surface area contributed by atoms with Gasteiger partial charge in [-0.3, -0.25) is 0 Å². The van der Waals surface area contributed by atoms with Gasteiger partial charge in [0, 0.05) is 12.3 Å². The molecule has 0 amide bonds. The van der Waals surface area contributed by atoms with E-state index in [9.17, 15) is 5.11 Å². The van der Waals surface area contributed by atoms with Gasteiger partial charge in [0.05, 0.1) is 11.9 Å². The van der Waals surface area contributed by atoms with Crippen molar-refractivity contribution in [3.05, 3.63) is 23.1 Å². The van der Waals surface area contributed by atoms with Gasteiger partial charge in [-0.1, -0.05) is 0 Å². The van der Waals surface area contributed by atoms with Crippen LogP contribution < -0.4 is 5.32 Å². The molecule has 0 spiro atoms. The van der Waals surface area contributed by atoms with E-state index in [2.05, 4.69) is 5.32 Å². The van der Waals surface area contributed by atoms with Gasteiger partial charge in [0.25, 0.3) is 0 Å². The van der Waals surface area contributed by atoms with E-state index in [0.717, 1.165) is 11.5 Å². The highest BCUT2D eigenvalue weighted by Gasteiger charge is 2.04. The van der Waals surface area contributed by atoms with Gasteiger partial charge in [-0.05, 0) is 30.8 Å². The lowest BCUT2D eigenvalue weighted by molar-refractivity contribution is 0.199. The molecule has 2 N–H and O–H groups in total. The van der Waals surface area contributed by atoms with Crippen molar-refractivity contribution in [2.45, 2.75) is 11.9 Å². The minimum absolute atomic E-state index is 0.310. The normalized spacial score (nSPS) is 13.1. The molecule has 0 aliphatic carbocycles. The average Bonchev–Trinajstić information content (AvgIpc) is 2.52. The zero-order valence-corrected chi connectivity index (χ0v) is 9.57. The van der Waals surface area contributed by atoms with Gasteiger partial charge in [0.1, 0.15) is 5.76 Å². The quantitative estimate of drug-likeness (QED) is 0.789. The van der Waals surface area contributed by atoms with Crippen LogP contribution in [0.4, 0.5) is 0 Å². The summed E-state index contributed by atoms with van der Waals surface area (Å²) in [4.78, 5) is 0. The lowest BCUT2D eigenvalue weighted by Gasteiger charge is -2.07. The Hall–Kier alpha value is -0.160. The predicted molar refractivity (Wildman–Crippen MR) is 59.8 cm³/mol. The van der Waals surface area contributed by atoms with Crippen LogP contribution in [0.1, 0.15) is 5.76 Å². The number of nitrogens with one attached hydrogen (secondary N) is 1. The van der Waals surface area contributed by atoms with Gasteiger partial charge < -0.3 is 14.8 Å².